The topological polar surface area (TPSA) is 61.4 Å². The van der Waals surface area contributed by atoms with Crippen LogP contribution in [-0.4, -0.2) is 36.9 Å². The van der Waals surface area contributed by atoms with E-state index in [2.05, 4.69) is 15.5 Å². The van der Waals surface area contributed by atoms with Gasteiger partial charge in [0.25, 0.3) is 5.91 Å². The van der Waals surface area contributed by atoms with Crippen molar-refractivity contribution in [3.05, 3.63) is 71.0 Å². The normalized spacial score (nSPS) is 15.6. The lowest BCUT2D eigenvalue weighted by atomic mass is 10.0. The Morgan fingerprint density at radius 2 is 1.79 bits per heavy atom. The summed E-state index contributed by atoms with van der Waals surface area (Å²) in [7, 11) is 1.59. The molecule has 6 heteroatoms. The second kappa shape index (κ2) is 9.46. The molecule has 1 atom stereocenters. The average molecular weight is 383 g/mol. The van der Waals surface area contributed by atoms with E-state index in [1.165, 1.54) is 18.6 Å². The maximum absolute atomic E-state index is 13.3. The summed E-state index contributed by atoms with van der Waals surface area (Å²) in [5, 5.41) is 5.58. The molecule has 0 bridgehead atoms. The number of likely N-dealkylation sites (tertiary alicyclic amines) is 1. The van der Waals surface area contributed by atoms with E-state index in [9.17, 15) is 14.0 Å². The fraction of sp³-hybridized carbons (Fsp3) is 0.364. The molecular formula is C22H26FN3O2. The zero-order valence-corrected chi connectivity index (χ0v) is 16.1. The Morgan fingerprint density at radius 3 is 2.46 bits per heavy atom. The zero-order chi connectivity index (χ0) is 19.9. The number of carbonyl (C=O) groups is 2. The number of hydrogen-bond donors (Lipinski definition) is 2. The van der Waals surface area contributed by atoms with Crippen LogP contribution in [0.15, 0.2) is 48.5 Å². The van der Waals surface area contributed by atoms with Crippen LogP contribution in [-0.2, 0) is 11.3 Å². The van der Waals surface area contributed by atoms with E-state index in [-0.39, 0.29) is 17.6 Å². The number of piperidine rings is 1. The minimum Gasteiger partial charge on any atom is -0.355 e. The van der Waals surface area contributed by atoms with Gasteiger partial charge < -0.3 is 10.6 Å². The van der Waals surface area contributed by atoms with Gasteiger partial charge in [0.1, 0.15) is 11.9 Å². The van der Waals surface area contributed by atoms with Crippen molar-refractivity contribution >= 4 is 11.8 Å². The highest BCUT2D eigenvalue weighted by atomic mass is 19.1. The van der Waals surface area contributed by atoms with Crippen LogP contribution in [0.2, 0.25) is 0 Å². The third-order valence-electron chi connectivity index (χ3n) is 5.07. The number of nitrogens with one attached hydrogen (secondary N) is 2. The van der Waals surface area contributed by atoms with Crippen molar-refractivity contribution in [2.24, 2.45) is 0 Å². The summed E-state index contributed by atoms with van der Waals surface area (Å²) < 4.78 is 13.3. The molecule has 0 aromatic heterocycles. The molecule has 1 heterocycles. The molecular weight excluding hydrogens is 357 g/mol. The predicted octanol–water partition coefficient (Wildman–Crippen LogP) is 3.03. The molecule has 0 spiro atoms. The molecule has 1 saturated heterocycles. The first-order valence-electron chi connectivity index (χ1n) is 9.67. The van der Waals surface area contributed by atoms with E-state index < -0.39 is 6.04 Å². The zero-order valence-electron chi connectivity index (χ0n) is 16.1. The second-order valence-electron chi connectivity index (χ2n) is 7.05. The van der Waals surface area contributed by atoms with Crippen LogP contribution in [0.5, 0.6) is 0 Å². The average Bonchev–Trinajstić information content (AvgIpc) is 2.74. The number of carbonyl (C=O) groups excluding carboxylic acids is 2. The molecule has 1 aliphatic heterocycles. The Bertz CT molecular complexity index is 817. The molecule has 2 aromatic rings. The van der Waals surface area contributed by atoms with E-state index in [0.29, 0.717) is 12.1 Å². The Kier molecular flexibility index (Phi) is 6.76. The van der Waals surface area contributed by atoms with E-state index in [4.69, 9.17) is 0 Å². The fourth-order valence-corrected chi connectivity index (χ4v) is 3.60. The first-order chi connectivity index (χ1) is 13.6. The molecule has 0 aliphatic carbocycles. The quantitative estimate of drug-likeness (QED) is 0.806. The van der Waals surface area contributed by atoms with Crippen LogP contribution in [0.4, 0.5) is 4.39 Å². The lowest BCUT2D eigenvalue weighted by Crippen LogP contribution is -2.42. The highest BCUT2D eigenvalue weighted by Gasteiger charge is 2.28. The maximum atomic E-state index is 13.3. The molecule has 0 radical (unpaired) electrons. The molecule has 148 valence electrons. The van der Waals surface area contributed by atoms with Crippen molar-refractivity contribution in [2.45, 2.75) is 31.8 Å². The second-order valence-corrected chi connectivity index (χ2v) is 7.05. The molecule has 2 aromatic carbocycles. The summed E-state index contributed by atoms with van der Waals surface area (Å²) in [6.45, 7) is 2.03. The molecule has 1 unspecified atom stereocenters. The van der Waals surface area contributed by atoms with E-state index in [1.807, 2.05) is 6.07 Å². The minimum atomic E-state index is -0.442. The van der Waals surface area contributed by atoms with E-state index in [1.54, 1.807) is 37.4 Å². The highest BCUT2D eigenvalue weighted by Crippen LogP contribution is 2.25. The van der Waals surface area contributed by atoms with Crippen molar-refractivity contribution in [1.29, 1.82) is 0 Å². The Balaban J connectivity index is 1.74. The number of hydrogen-bond acceptors (Lipinski definition) is 3. The van der Waals surface area contributed by atoms with Crippen molar-refractivity contribution in [2.75, 3.05) is 20.1 Å². The summed E-state index contributed by atoms with van der Waals surface area (Å²) in [5.74, 6) is -0.586. The number of rotatable bonds is 6. The van der Waals surface area contributed by atoms with Crippen molar-refractivity contribution in [3.8, 4) is 0 Å². The lowest BCUT2D eigenvalue weighted by molar-refractivity contribution is -0.127. The number of halogens is 1. The summed E-state index contributed by atoms with van der Waals surface area (Å²) in [6.07, 6.45) is 3.28. The lowest BCUT2D eigenvalue weighted by Gasteiger charge is -2.34. The van der Waals surface area contributed by atoms with Gasteiger partial charge >= 0.3 is 0 Å². The standard InChI is InChI=1S/C22H26FN3O2/c1-24-21(27)18-7-5-6-16(14-18)15-25-22(28)20(26-12-3-2-4-13-26)17-8-10-19(23)11-9-17/h5-11,14,20H,2-4,12-13,15H2,1H3,(H,24,27)(H,25,28). The van der Waals surface area contributed by atoms with Crippen LogP contribution >= 0.6 is 0 Å². The number of amides is 2. The van der Waals surface area contributed by atoms with Gasteiger partial charge in [0.15, 0.2) is 0 Å². The third kappa shape index (κ3) is 4.95. The minimum absolute atomic E-state index is 0.112. The molecule has 2 N–H and O–H groups in total. The van der Waals surface area contributed by atoms with Crippen LogP contribution < -0.4 is 10.6 Å². The van der Waals surface area contributed by atoms with Gasteiger partial charge in [0.2, 0.25) is 5.91 Å². The largest absolute Gasteiger partial charge is 0.355 e. The van der Waals surface area contributed by atoms with Gasteiger partial charge in [0, 0.05) is 19.2 Å². The molecule has 2 amide bonds. The number of benzene rings is 2. The molecule has 28 heavy (non-hydrogen) atoms. The van der Waals surface area contributed by atoms with Gasteiger partial charge in [-0.1, -0.05) is 30.7 Å². The number of nitrogens with zero attached hydrogens (tertiary/aromatic N) is 1. The summed E-state index contributed by atoms with van der Waals surface area (Å²) in [5.41, 5.74) is 2.20. The highest BCUT2D eigenvalue weighted by molar-refractivity contribution is 5.94. The molecule has 3 rings (SSSR count). The fourth-order valence-electron chi connectivity index (χ4n) is 3.60. The van der Waals surface area contributed by atoms with Gasteiger partial charge in [-0.3, -0.25) is 14.5 Å². The van der Waals surface area contributed by atoms with Crippen molar-refractivity contribution < 1.29 is 14.0 Å². The van der Waals surface area contributed by atoms with E-state index in [0.717, 1.165) is 37.1 Å². The Hall–Kier alpha value is -2.73. The first kappa shape index (κ1) is 20.0. The summed E-state index contributed by atoms with van der Waals surface area (Å²) >= 11 is 0. The maximum Gasteiger partial charge on any atom is 0.251 e. The first-order valence-corrected chi connectivity index (χ1v) is 9.67. The van der Waals surface area contributed by atoms with Gasteiger partial charge in [-0.25, -0.2) is 4.39 Å². The molecule has 5 nitrogen and oxygen atoms in total. The van der Waals surface area contributed by atoms with Crippen LogP contribution in [0, 0.1) is 5.82 Å². The van der Waals surface area contributed by atoms with Crippen LogP contribution in [0.25, 0.3) is 0 Å². The Labute approximate surface area is 164 Å². The molecule has 0 saturated carbocycles. The monoisotopic (exact) mass is 383 g/mol. The molecule has 1 fully saturated rings. The predicted molar refractivity (Wildman–Crippen MR) is 106 cm³/mol. The Morgan fingerprint density at radius 1 is 1.07 bits per heavy atom. The van der Waals surface area contributed by atoms with E-state index >= 15 is 0 Å². The third-order valence-corrected chi connectivity index (χ3v) is 5.07. The van der Waals surface area contributed by atoms with Crippen molar-refractivity contribution in [3.63, 3.8) is 0 Å². The SMILES string of the molecule is CNC(=O)c1cccc(CNC(=O)C(c2ccc(F)cc2)N2CCCCC2)c1. The summed E-state index contributed by atoms with van der Waals surface area (Å²) in [4.78, 5) is 27.0. The smallest absolute Gasteiger partial charge is 0.251 e. The van der Waals surface area contributed by atoms with Gasteiger partial charge in [-0.2, -0.15) is 0 Å². The van der Waals surface area contributed by atoms with Crippen LogP contribution in [0.3, 0.4) is 0 Å². The van der Waals surface area contributed by atoms with Crippen LogP contribution in [0.1, 0.15) is 46.8 Å². The summed E-state index contributed by atoms with van der Waals surface area (Å²) in [6, 6.07) is 12.9. The van der Waals surface area contributed by atoms with Gasteiger partial charge in [0.05, 0.1) is 0 Å². The molecule has 1 aliphatic rings. The van der Waals surface area contributed by atoms with Gasteiger partial charge in [-0.15, -0.1) is 0 Å². The van der Waals surface area contributed by atoms with Crippen molar-refractivity contribution in [1.82, 2.24) is 15.5 Å². The van der Waals surface area contributed by atoms with Gasteiger partial charge in [-0.05, 0) is 61.3 Å².